The minimum Gasteiger partial charge on any atom is -0.494 e. The number of halogens is 2. The average molecular weight is 333 g/mol. The van der Waals surface area contributed by atoms with Gasteiger partial charge >= 0.3 is 0 Å². The van der Waals surface area contributed by atoms with Gasteiger partial charge < -0.3 is 10.5 Å². The molecule has 1 atom stereocenters. The first-order chi connectivity index (χ1) is 11.6. The van der Waals surface area contributed by atoms with E-state index in [4.69, 9.17) is 10.5 Å². The van der Waals surface area contributed by atoms with E-state index >= 15 is 0 Å². The zero-order chi connectivity index (χ0) is 17.4. The monoisotopic (exact) mass is 333 g/mol. The van der Waals surface area contributed by atoms with Crippen LogP contribution in [0.2, 0.25) is 0 Å². The van der Waals surface area contributed by atoms with E-state index in [9.17, 15) is 8.78 Å². The molecule has 0 saturated carbocycles. The van der Waals surface area contributed by atoms with E-state index in [1.165, 1.54) is 18.9 Å². The summed E-state index contributed by atoms with van der Waals surface area (Å²) in [6.07, 6.45) is 4.08. The average Bonchev–Trinajstić information content (AvgIpc) is 2.60. The second-order valence-corrected chi connectivity index (χ2v) is 6.01. The topological polar surface area (TPSA) is 35.2 Å². The Kier molecular flexibility index (Phi) is 7.19. The number of unbranched alkanes of at least 4 members (excludes halogenated alkanes) is 2. The van der Waals surface area contributed by atoms with Gasteiger partial charge in [-0.05, 0) is 54.8 Å². The highest BCUT2D eigenvalue weighted by Gasteiger charge is 2.13. The molecule has 0 fully saturated rings. The van der Waals surface area contributed by atoms with Crippen LogP contribution in [0.25, 0.3) is 0 Å². The van der Waals surface area contributed by atoms with E-state index < -0.39 is 11.6 Å². The molecule has 0 bridgehead atoms. The first-order valence-corrected chi connectivity index (χ1v) is 8.50. The molecule has 0 spiro atoms. The lowest BCUT2D eigenvalue weighted by molar-refractivity contribution is 0.306. The largest absolute Gasteiger partial charge is 0.494 e. The summed E-state index contributed by atoms with van der Waals surface area (Å²) < 4.78 is 32.2. The third-order valence-corrected chi connectivity index (χ3v) is 4.12. The van der Waals surface area contributed by atoms with Gasteiger partial charge in [-0.1, -0.05) is 38.0 Å². The van der Waals surface area contributed by atoms with Gasteiger partial charge in [0.2, 0.25) is 0 Å². The summed E-state index contributed by atoms with van der Waals surface area (Å²) in [6.45, 7) is 3.27. The van der Waals surface area contributed by atoms with Crippen molar-refractivity contribution in [3.05, 3.63) is 65.2 Å². The smallest absolute Gasteiger partial charge is 0.159 e. The molecule has 0 radical (unpaired) electrons. The van der Waals surface area contributed by atoms with Crippen molar-refractivity contribution in [1.82, 2.24) is 0 Å². The van der Waals surface area contributed by atoms with Crippen molar-refractivity contribution < 1.29 is 13.5 Å². The van der Waals surface area contributed by atoms with E-state index in [-0.39, 0.29) is 5.92 Å². The predicted octanol–water partition coefficient (Wildman–Crippen LogP) is 4.82. The highest BCUT2D eigenvalue weighted by atomic mass is 19.2. The van der Waals surface area contributed by atoms with Crippen LogP contribution in [0.3, 0.4) is 0 Å². The van der Waals surface area contributed by atoms with Crippen molar-refractivity contribution in [3.63, 3.8) is 0 Å². The molecule has 0 heterocycles. The van der Waals surface area contributed by atoms with Crippen LogP contribution in [0, 0.1) is 11.6 Å². The molecule has 24 heavy (non-hydrogen) atoms. The van der Waals surface area contributed by atoms with Crippen LogP contribution in [-0.2, 0) is 6.42 Å². The van der Waals surface area contributed by atoms with Gasteiger partial charge in [-0.15, -0.1) is 0 Å². The molecule has 2 aromatic rings. The van der Waals surface area contributed by atoms with Crippen LogP contribution in [0.4, 0.5) is 8.78 Å². The number of hydrogen-bond donors (Lipinski definition) is 1. The van der Waals surface area contributed by atoms with Gasteiger partial charge in [0.25, 0.3) is 0 Å². The Bertz CT molecular complexity index is 628. The highest BCUT2D eigenvalue weighted by molar-refractivity contribution is 5.30. The molecule has 0 aliphatic rings. The van der Waals surface area contributed by atoms with E-state index in [1.54, 1.807) is 6.07 Å². The molecule has 4 heteroatoms. The molecule has 0 aliphatic heterocycles. The lowest BCUT2D eigenvalue weighted by Gasteiger charge is -2.16. The lowest BCUT2D eigenvalue weighted by Crippen LogP contribution is -2.15. The SMILES string of the molecule is CCCCCOc1ccc(CC(CN)c2ccc(F)c(F)c2)cc1. The van der Waals surface area contributed by atoms with E-state index in [0.717, 1.165) is 36.0 Å². The van der Waals surface area contributed by atoms with Gasteiger partial charge in [0, 0.05) is 5.92 Å². The molecule has 0 aromatic heterocycles. The Hall–Kier alpha value is -1.94. The second kappa shape index (κ2) is 9.38. The summed E-state index contributed by atoms with van der Waals surface area (Å²) in [4.78, 5) is 0. The van der Waals surface area contributed by atoms with E-state index in [2.05, 4.69) is 6.92 Å². The highest BCUT2D eigenvalue weighted by Crippen LogP contribution is 2.23. The van der Waals surface area contributed by atoms with Gasteiger partial charge in [0.15, 0.2) is 11.6 Å². The Morgan fingerprint density at radius 3 is 2.38 bits per heavy atom. The quantitative estimate of drug-likeness (QED) is 0.668. The summed E-state index contributed by atoms with van der Waals surface area (Å²) >= 11 is 0. The molecular formula is C20H25F2NO. The summed E-state index contributed by atoms with van der Waals surface area (Å²) in [6, 6.07) is 11.9. The molecule has 0 aliphatic carbocycles. The first kappa shape index (κ1) is 18.4. The normalized spacial score (nSPS) is 12.2. The summed E-state index contributed by atoms with van der Waals surface area (Å²) in [5.41, 5.74) is 7.64. The molecule has 2 nitrogen and oxygen atoms in total. The fourth-order valence-electron chi connectivity index (χ4n) is 2.65. The molecule has 0 amide bonds. The Labute approximate surface area is 142 Å². The van der Waals surface area contributed by atoms with Crippen molar-refractivity contribution in [2.45, 2.75) is 38.5 Å². The Morgan fingerprint density at radius 2 is 1.75 bits per heavy atom. The third-order valence-electron chi connectivity index (χ3n) is 4.12. The summed E-state index contributed by atoms with van der Waals surface area (Å²) in [5.74, 6) is -0.857. The first-order valence-electron chi connectivity index (χ1n) is 8.50. The zero-order valence-corrected chi connectivity index (χ0v) is 14.1. The molecule has 2 N–H and O–H groups in total. The van der Waals surface area contributed by atoms with Crippen LogP contribution < -0.4 is 10.5 Å². The van der Waals surface area contributed by atoms with Crippen LogP contribution in [-0.4, -0.2) is 13.2 Å². The summed E-state index contributed by atoms with van der Waals surface area (Å²) in [5, 5.41) is 0. The molecule has 2 rings (SSSR count). The maximum absolute atomic E-state index is 13.4. The third kappa shape index (κ3) is 5.31. The fraction of sp³-hybridized carbons (Fsp3) is 0.400. The molecular weight excluding hydrogens is 308 g/mol. The van der Waals surface area contributed by atoms with Gasteiger partial charge in [-0.2, -0.15) is 0 Å². The molecule has 0 saturated heterocycles. The Balaban J connectivity index is 1.96. The van der Waals surface area contributed by atoms with Crippen LogP contribution in [0.15, 0.2) is 42.5 Å². The van der Waals surface area contributed by atoms with Crippen LogP contribution >= 0.6 is 0 Å². The van der Waals surface area contributed by atoms with E-state index in [0.29, 0.717) is 13.0 Å². The molecule has 1 unspecified atom stereocenters. The van der Waals surface area contributed by atoms with E-state index in [1.807, 2.05) is 24.3 Å². The van der Waals surface area contributed by atoms with Crippen molar-refractivity contribution in [2.24, 2.45) is 5.73 Å². The minimum atomic E-state index is -0.834. The van der Waals surface area contributed by atoms with Crippen molar-refractivity contribution in [1.29, 1.82) is 0 Å². The summed E-state index contributed by atoms with van der Waals surface area (Å²) in [7, 11) is 0. The predicted molar refractivity (Wildman–Crippen MR) is 93.3 cm³/mol. The van der Waals surface area contributed by atoms with Gasteiger partial charge in [-0.3, -0.25) is 0 Å². The Morgan fingerprint density at radius 1 is 1.00 bits per heavy atom. The number of ether oxygens (including phenoxy) is 1. The standard InChI is InChI=1S/C20H25F2NO/c1-2-3-4-11-24-18-8-5-15(6-9-18)12-17(14-23)16-7-10-19(21)20(22)13-16/h5-10,13,17H,2-4,11-12,14,23H2,1H3. The van der Waals surface area contributed by atoms with Gasteiger partial charge in [0.05, 0.1) is 6.61 Å². The number of nitrogens with two attached hydrogens (primary N) is 1. The minimum absolute atomic E-state index is 0.0450. The van der Waals surface area contributed by atoms with Crippen LogP contribution in [0.5, 0.6) is 5.75 Å². The maximum atomic E-state index is 13.4. The number of rotatable bonds is 9. The molecule has 130 valence electrons. The van der Waals surface area contributed by atoms with Crippen molar-refractivity contribution >= 4 is 0 Å². The van der Waals surface area contributed by atoms with Crippen LogP contribution in [0.1, 0.15) is 43.2 Å². The maximum Gasteiger partial charge on any atom is 0.159 e. The number of benzene rings is 2. The molecule has 2 aromatic carbocycles. The van der Waals surface area contributed by atoms with Gasteiger partial charge in [-0.25, -0.2) is 8.78 Å². The van der Waals surface area contributed by atoms with Crippen molar-refractivity contribution in [2.75, 3.05) is 13.2 Å². The fourth-order valence-corrected chi connectivity index (χ4v) is 2.65. The number of hydrogen-bond acceptors (Lipinski definition) is 2. The second-order valence-electron chi connectivity index (χ2n) is 6.01. The lowest BCUT2D eigenvalue weighted by atomic mass is 9.92. The zero-order valence-electron chi connectivity index (χ0n) is 14.1. The van der Waals surface area contributed by atoms with Crippen molar-refractivity contribution in [3.8, 4) is 5.75 Å². The van der Waals surface area contributed by atoms with Gasteiger partial charge in [0.1, 0.15) is 5.75 Å².